The molecule has 0 saturated heterocycles. The van der Waals surface area contributed by atoms with Gasteiger partial charge in [0.25, 0.3) is 0 Å². The van der Waals surface area contributed by atoms with Gasteiger partial charge in [0.1, 0.15) is 5.76 Å². The van der Waals surface area contributed by atoms with E-state index >= 15 is 0 Å². The second-order valence-electron chi connectivity index (χ2n) is 3.21. The lowest BCUT2D eigenvalue weighted by molar-refractivity contribution is 0.110. The first-order valence-electron chi connectivity index (χ1n) is 4.84. The van der Waals surface area contributed by atoms with Gasteiger partial charge in [-0.15, -0.1) is 0 Å². The number of aromatic nitrogens is 1. The predicted octanol–water partition coefficient (Wildman–Crippen LogP) is 2.72. The third-order valence-corrected chi connectivity index (χ3v) is 2.21. The van der Waals surface area contributed by atoms with Crippen molar-refractivity contribution in [3.8, 4) is 11.3 Å². The number of hydrogen-bond donors (Lipinski definition) is 0. The van der Waals surface area contributed by atoms with Gasteiger partial charge in [0.05, 0.1) is 0 Å². The normalized spacial score (nSPS) is 10.2. The highest BCUT2D eigenvalue weighted by atomic mass is 16.3. The summed E-state index contributed by atoms with van der Waals surface area (Å²) >= 11 is 0. The fraction of sp³-hybridized carbons (Fsp3) is 0.167. The minimum Gasteiger partial charge on any atom is -0.453 e. The van der Waals surface area contributed by atoms with E-state index in [2.05, 4.69) is 4.98 Å². The monoisotopic (exact) mass is 201 g/mol. The van der Waals surface area contributed by atoms with Gasteiger partial charge in [-0.2, -0.15) is 0 Å². The maximum Gasteiger partial charge on any atom is 0.185 e. The molecule has 0 aliphatic carbocycles. The van der Waals surface area contributed by atoms with E-state index in [9.17, 15) is 4.79 Å². The van der Waals surface area contributed by atoms with Gasteiger partial charge in [0.2, 0.25) is 0 Å². The zero-order valence-electron chi connectivity index (χ0n) is 8.43. The van der Waals surface area contributed by atoms with Gasteiger partial charge in [-0.05, 0) is 30.7 Å². The molecule has 0 aliphatic rings. The maximum atomic E-state index is 10.5. The van der Waals surface area contributed by atoms with Gasteiger partial charge in [-0.25, -0.2) is 0 Å². The third-order valence-electron chi connectivity index (χ3n) is 2.21. The van der Waals surface area contributed by atoms with Crippen molar-refractivity contribution in [2.75, 3.05) is 0 Å². The van der Waals surface area contributed by atoms with E-state index in [1.54, 1.807) is 18.3 Å². The minimum absolute atomic E-state index is 0.347. The molecule has 76 valence electrons. The van der Waals surface area contributed by atoms with Crippen molar-refractivity contribution in [2.45, 2.75) is 13.3 Å². The molecule has 0 aliphatic heterocycles. The van der Waals surface area contributed by atoms with E-state index in [0.717, 1.165) is 17.7 Å². The third kappa shape index (κ3) is 1.96. The number of hydrogen-bond acceptors (Lipinski definition) is 3. The van der Waals surface area contributed by atoms with Gasteiger partial charge in [-0.1, -0.05) is 6.92 Å². The lowest BCUT2D eigenvalue weighted by Gasteiger charge is -1.99. The summed E-state index contributed by atoms with van der Waals surface area (Å²) in [6.07, 6.45) is 3.33. The van der Waals surface area contributed by atoms with Crippen LogP contribution in [0.25, 0.3) is 11.3 Å². The molecule has 2 aromatic rings. The van der Waals surface area contributed by atoms with Crippen molar-refractivity contribution in [2.24, 2.45) is 0 Å². The van der Waals surface area contributed by atoms with Gasteiger partial charge in [-0.3, -0.25) is 9.78 Å². The Kier molecular flexibility index (Phi) is 2.63. The number of rotatable bonds is 3. The fourth-order valence-corrected chi connectivity index (χ4v) is 1.40. The van der Waals surface area contributed by atoms with Crippen LogP contribution in [0, 0.1) is 0 Å². The summed E-state index contributed by atoms with van der Waals surface area (Å²) in [6, 6.07) is 7.28. The molecule has 2 rings (SSSR count). The van der Waals surface area contributed by atoms with Crippen molar-refractivity contribution < 1.29 is 9.21 Å². The summed E-state index contributed by atoms with van der Waals surface area (Å²) < 4.78 is 5.32. The molecule has 3 heteroatoms. The number of nitrogens with zero attached hydrogens (tertiary/aromatic N) is 1. The van der Waals surface area contributed by atoms with E-state index < -0.39 is 0 Å². The second kappa shape index (κ2) is 4.09. The molecule has 0 spiro atoms. The van der Waals surface area contributed by atoms with E-state index in [-0.39, 0.29) is 0 Å². The van der Waals surface area contributed by atoms with Crippen molar-refractivity contribution >= 4 is 6.29 Å². The summed E-state index contributed by atoms with van der Waals surface area (Å²) in [6.45, 7) is 2.05. The SMILES string of the molecule is CCc1cc(-c2ccc(C=O)o2)ccn1. The number of carbonyl (C=O) groups excluding carboxylic acids is 1. The molecule has 2 aromatic heterocycles. The Labute approximate surface area is 87.8 Å². The Morgan fingerprint density at radius 2 is 2.27 bits per heavy atom. The van der Waals surface area contributed by atoms with E-state index in [4.69, 9.17) is 4.42 Å². The maximum absolute atomic E-state index is 10.5. The van der Waals surface area contributed by atoms with Crippen LogP contribution < -0.4 is 0 Å². The first kappa shape index (κ1) is 9.65. The molecule has 0 atom stereocenters. The molecule has 15 heavy (non-hydrogen) atoms. The summed E-state index contributed by atoms with van der Waals surface area (Å²) in [4.78, 5) is 14.7. The second-order valence-corrected chi connectivity index (χ2v) is 3.21. The molecule has 2 heterocycles. The molecular weight excluding hydrogens is 190 g/mol. The van der Waals surface area contributed by atoms with Crippen molar-refractivity contribution in [3.05, 3.63) is 41.9 Å². The zero-order valence-corrected chi connectivity index (χ0v) is 8.43. The molecule has 0 radical (unpaired) electrons. The molecule has 0 aromatic carbocycles. The Balaban J connectivity index is 2.39. The molecule has 0 bridgehead atoms. The number of furan rings is 1. The summed E-state index contributed by atoms with van der Waals surface area (Å²) in [5.74, 6) is 1.05. The standard InChI is InChI=1S/C12H11NO2/c1-2-10-7-9(5-6-13-10)12-4-3-11(8-14)15-12/h3-8H,2H2,1H3. The fourth-order valence-electron chi connectivity index (χ4n) is 1.40. The Hall–Kier alpha value is -1.90. The zero-order chi connectivity index (χ0) is 10.7. The van der Waals surface area contributed by atoms with E-state index in [0.29, 0.717) is 17.8 Å². The molecule has 0 unspecified atom stereocenters. The summed E-state index contributed by atoms with van der Waals surface area (Å²) in [5.41, 5.74) is 1.96. The van der Waals surface area contributed by atoms with Crippen molar-refractivity contribution in [3.63, 3.8) is 0 Å². The van der Waals surface area contributed by atoms with E-state index in [1.165, 1.54) is 0 Å². The highest BCUT2D eigenvalue weighted by Gasteiger charge is 2.04. The lowest BCUT2D eigenvalue weighted by atomic mass is 10.1. The van der Waals surface area contributed by atoms with Crippen LogP contribution in [-0.4, -0.2) is 11.3 Å². The largest absolute Gasteiger partial charge is 0.453 e. The van der Waals surface area contributed by atoms with Crippen LogP contribution in [0.1, 0.15) is 23.2 Å². The van der Waals surface area contributed by atoms with Gasteiger partial charge in [0.15, 0.2) is 12.0 Å². The lowest BCUT2D eigenvalue weighted by Crippen LogP contribution is -1.86. The van der Waals surface area contributed by atoms with Crippen LogP contribution in [0.5, 0.6) is 0 Å². The molecule has 0 saturated carbocycles. The minimum atomic E-state index is 0.347. The van der Waals surface area contributed by atoms with Gasteiger partial charge in [0, 0.05) is 17.5 Å². The van der Waals surface area contributed by atoms with Crippen LogP contribution in [0.4, 0.5) is 0 Å². The Morgan fingerprint density at radius 1 is 1.40 bits per heavy atom. The van der Waals surface area contributed by atoms with Crippen LogP contribution in [0.3, 0.4) is 0 Å². The first-order chi connectivity index (χ1) is 7.33. The number of carbonyl (C=O) groups is 1. The molecule has 0 fully saturated rings. The first-order valence-corrected chi connectivity index (χ1v) is 4.84. The van der Waals surface area contributed by atoms with Crippen LogP contribution >= 0.6 is 0 Å². The molecule has 0 N–H and O–H groups in total. The van der Waals surface area contributed by atoms with Gasteiger partial charge < -0.3 is 4.42 Å². The number of pyridine rings is 1. The Morgan fingerprint density at radius 3 is 2.93 bits per heavy atom. The quantitative estimate of drug-likeness (QED) is 0.717. The number of aldehydes is 1. The highest BCUT2D eigenvalue weighted by molar-refractivity contribution is 5.72. The smallest absolute Gasteiger partial charge is 0.185 e. The average molecular weight is 201 g/mol. The van der Waals surface area contributed by atoms with Crippen LogP contribution in [0.15, 0.2) is 34.9 Å². The van der Waals surface area contributed by atoms with Crippen molar-refractivity contribution in [1.29, 1.82) is 0 Å². The average Bonchev–Trinajstić information content (AvgIpc) is 2.78. The summed E-state index contributed by atoms with van der Waals surface area (Å²) in [5, 5.41) is 0. The topological polar surface area (TPSA) is 43.1 Å². The summed E-state index contributed by atoms with van der Waals surface area (Å²) in [7, 11) is 0. The van der Waals surface area contributed by atoms with Gasteiger partial charge >= 0.3 is 0 Å². The van der Waals surface area contributed by atoms with E-state index in [1.807, 2.05) is 19.1 Å². The highest BCUT2D eigenvalue weighted by Crippen LogP contribution is 2.21. The van der Waals surface area contributed by atoms with Crippen LogP contribution in [-0.2, 0) is 6.42 Å². The predicted molar refractivity (Wildman–Crippen MR) is 56.7 cm³/mol. The molecular formula is C12H11NO2. The van der Waals surface area contributed by atoms with Crippen molar-refractivity contribution in [1.82, 2.24) is 4.98 Å². The van der Waals surface area contributed by atoms with Crippen LogP contribution in [0.2, 0.25) is 0 Å². The number of aryl methyl sites for hydroxylation is 1. The molecule has 3 nitrogen and oxygen atoms in total. The molecule has 0 amide bonds. The Bertz CT molecular complexity index is 474.